The first-order chi connectivity index (χ1) is 3.00. The van der Waals surface area contributed by atoms with E-state index in [1.165, 1.54) is 0 Å². The van der Waals surface area contributed by atoms with Crippen molar-refractivity contribution < 1.29 is 8.56 Å². The summed E-state index contributed by atoms with van der Waals surface area (Å²) >= 11 is 0. The van der Waals surface area contributed by atoms with Crippen LogP contribution in [-0.4, -0.2) is 9.97 Å². The van der Waals surface area contributed by atoms with Gasteiger partial charge in [0.05, 0.1) is 0 Å². The summed E-state index contributed by atoms with van der Waals surface area (Å²) in [6.45, 7) is 0. The predicted octanol–water partition coefficient (Wildman–Crippen LogP) is 1.95. The second kappa shape index (κ2) is 1.50. The van der Waals surface area contributed by atoms with Gasteiger partial charge < -0.3 is 0 Å². The van der Waals surface area contributed by atoms with E-state index in [0.717, 1.165) is 0 Å². The Morgan fingerprint density at radius 3 is 1.33 bits per heavy atom. The molecule has 1 aromatic rings. The number of hydrogen-bond donors (Lipinski definition) is 0. The van der Waals surface area contributed by atoms with Crippen molar-refractivity contribution in [2.24, 2.45) is 0 Å². The molecule has 0 fully saturated rings. The third-order valence-electron chi connectivity index (χ3n) is 0.478. The van der Waals surface area contributed by atoms with Gasteiger partial charge in [0.25, 0.3) is 0 Å². The van der Waals surface area contributed by atoms with E-state index < -0.39 is 0 Å². The zero-order chi connectivity index (χ0) is 4.24. The highest BCUT2D eigenvalue weighted by molar-refractivity contribution is 4.70. The van der Waals surface area contributed by atoms with Gasteiger partial charge in [-0.1, -0.05) is 0 Å². The van der Waals surface area contributed by atoms with Gasteiger partial charge in [0, 0.05) is 33.3 Å². The highest BCUT2D eigenvalue weighted by atomic mass is 14.7. The van der Waals surface area contributed by atoms with E-state index in [1.54, 1.807) is 24.8 Å². The van der Waals surface area contributed by atoms with Crippen LogP contribution in [0.15, 0.2) is 24.8 Å². The van der Waals surface area contributed by atoms with Crippen molar-refractivity contribution in [1.29, 1.82) is 0 Å². The minimum atomic E-state index is 0. The summed E-state index contributed by atoms with van der Waals surface area (Å²) in [6.07, 6.45) is 6.56. The molecule has 0 aromatic carbocycles. The molecule has 1 rings (SSSR count). The molecule has 0 spiro atoms. The lowest BCUT2D eigenvalue weighted by Crippen LogP contribution is -1.66. The molecular weight excluding hydrogens is 76.1 g/mol. The first kappa shape index (κ1) is 3.28. The molecule has 2 heteroatoms. The summed E-state index contributed by atoms with van der Waals surface area (Å²) in [6, 6.07) is 0. The van der Waals surface area contributed by atoms with Crippen molar-refractivity contribution >= 4 is 0 Å². The Balaban J connectivity index is -0.0000000150. The van der Waals surface area contributed by atoms with E-state index in [4.69, 9.17) is 0 Å². The maximum absolute atomic E-state index is 3.72. The van der Waals surface area contributed by atoms with E-state index >= 15 is 0 Å². The van der Waals surface area contributed by atoms with Crippen LogP contribution in [0.4, 0.5) is 0 Å². The summed E-state index contributed by atoms with van der Waals surface area (Å²) < 4.78 is 0. The number of rotatable bonds is 0. The Morgan fingerprint density at radius 1 is 0.833 bits per heavy atom. The number of nitrogens with zero attached hydrogens (tertiary/aromatic N) is 2. The largest absolute Gasteiger partial charge is 0.262 e. The number of aromatic nitrogens is 2. The third-order valence-corrected chi connectivity index (χ3v) is 0.478. The third kappa shape index (κ3) is 0.516. The molecule has 0 unspecified atom stereocenters. The zero-order valence-corrected chi connectivity index (χ0v) is 3.20. The smallest absolute Gasteiger partial charge is 0.0451 e. The van der Waals surface area contributed by atoms with Gasteiger partial charge in [0.15, 0.2) is 0 Å². The molecule has 1 heterocycles. The van der Waals surface area contributed by atoms with Gasteiger partial charge in [-0.15, -0.1) is 0 Å². The molecule has 0 saturated heterocycles. The van der Waals surface area contributed by atoms with E-state index in [2.05, 4.69) is 9.97 Å². The lowest BCUT2D eigenvalue weighted by Gasteiger charge is -1.70. The number of hydrogen-bond acceptors (Lipinski definition) is 2. The molecule has 0 aliphatic carbocycles. The standard InChI is InChI=1S/C4H4N2.6H2/c1-2-6-4-3-5-1;;;;;;/h1-4H;6*1H. The molecule has 0 atom stereocenters. The Hall–Kier alpha value is -0.920. The summed E-state index contributed by atoms with van der Waals surface area (Å²) in [5.41, 5.74) is 0. The Labute approximate surface area is 44.8 Å². The van der Waals surface area contributed by atoms with E-state index in [1.807, 2.05) is 0 Å². The van der Waals surface area contributed by atoms with Crippen molar-refractivity contribution in [2.45, 2.75) is 0 Å². The van der Waals surface area contributed by atoms with Gasteiger partial charge in [0.2, 0.25) is 0 Å². The molecule has 6 heavy (non-hydrogen) atoms. The molecule has 2 nitrogen and oxygen atoms in total. The maximum atomic E-state index is 3.72. The molecule has 0 amide bonds. The summed E-state index contributed by atoms with van der Waals surface area (Å²) in [7, 11) is 0. The van der Waals surface area contributed by atoms with Crippen LogP contribution in [0.5, 0.6) is 0 Å². The highest BCUT2D eigenvalue weighted by Crippen LogP contribution is 1.65. The fourth-order valence-corrected chi connectivity index (χ4v) is 0.253. The Kier molecular flexibility index (Phi) is 0.819. The van der Waals surface area contributed by atoms with Crippen LogP contribution in [-0.2, 0) is 0 Å². The van der Waals surface area contributed by atoms with E-state index in [-0.39, 0.29) is 8.56 Å². The minimum Gasteiger partial charge on any atom is -0.262 e. The van der Waals surface area contributed by atoms with Crippen LogP contribution in [0, 0.1) is 0 Å². The first-order valence-corrected chi connectivity index (χ1v) is 1.70. The SMILES string of the molecule is [HH].[HH].[HH].[HH].[HH].[HH].c1cnccn1. The van der Waals surface area contributed by atoms with Gasteiger partial charge in [0.1, 0.15) is 0 Å². The quantitative estimate of drug-likeness (QED) is 0.489. The Morgan fingerprint density at radius 2 is 1.17 bits per heavy atom. The normalized spacial score (nSPS) is 8.00. The monoisotopic (exact) mass is 92.1 g/mol. The lowest BCUT2D eigenvalue weighted by atomic mass is 10.8. The molecule has 0 saturated carbocycles. The van der Waals surface area contributed by atoms with Crippen LogP contribution >= 0.6 is 0 Å². The second-order valence-electron chi connectivity index (χ2n) is 0.894. The summed E-state index contributed by atoms with van der Waals surface area (Å²) in [4.78, 5) is 7.44. The van der Waals surface area contributed by atoms with Crippen LogP contribution in [0.3, 0.4) is 0 Å². The zero-order valence-electron chi connectivity index (χ0n) is 3.20. The molecule has 1 aromatic heterocycles. The molecule has 0 bridgehead atoms. The van der Waals surface area contributed by atoms with Crippen LogP contribution in [0.2, 0.25) is 0 Å². The summed E-state index contributed by atoms with van der Waals surface area (Å²) in [5.74, 6) is 0. The average molecular weight is 92.2 g/mol. The van der Waals surface area contributed by atoms with Gasteiger partial charge in [-0.3, -0.25) is 9.97 Å². The van der Waals surface area contributed by atoms with Gasteiger partial charge in [-0.2, -0.15) is 0 Å². The minimum absolute atomic E-state index is 0. The molecule has 0 aliphatic heterocycles. The van der Waals surface area contributed by atoms with Crippen LogP contribution in [0.25, 0.3) is 0 Å². The Bertz CT molecular complexity index is 89.5. The van der Waals surface area contributed by atoms with E-state index in [0.29, 0.717) is 0 Å². The topological polar surface area (TPSA) is 25.8 Å². The van der Waals surface area contributed by atoms with Gasteiger partial charge in [-0.25, -0.2) is 0 Å². The molecule has 42 valence electrons. The summed E-state index contributed by atoms with van der Waals surface area (Å²) in [5, 5.41) is 0. The van der Waals surface area contributed by atoms with Crippen LogP contribution < -0.4 is 0 Å². The molecule has 0 N–H and O–H groups in total. The molecular formula is C4H16N2. The van der Waals surface area contributed by atoms with Crippen LogP contribution in [0.1, 0.15) is 8.56 Å². The average Bonchev–Trinajstić information content (AvgIpc) is 1.72. The molecule has 0 aliphatic rings. The maximum Gasteiger partial charge on any atom is 0.0451 e. The highest BCUT2D eigenvalue weighted by Gasteiger charge is 1.59. The van der Waals surface area contributed by atoms with Crippen molar-refractivity contribution in [3.05, 3.63) is 24.8 Å². The molecule has 0 radical (unpaired) electrons. The fraction of sp³-hybridized carbons (Fsp3) is 0. The second-order valence-corrected chi connectivity index (χ2v) is 0.894. The van der Waals surface area contributed by atoms with Crippen molar-refractivity contribution in [2.75, 3.05) is 0 Å². The van der Waals surface area contributed by atoms with E-state index in [9.17, 15) is 0 Å². The van der Waals surface area contributed by atoms with Crippen molar-refractivity contribution in [3.63, 3.8) is 0 Å². The predicted molar refractivity (Wildman–Crippen MR) is 34.7 cm³/mol. The lowest BCUT2D eigenvalue weighted by molar-refractivity contribution is 1.20. The van der Waals surface area contributed by atoms with Gasteiger partial charge in [-0.05, 0) is 0 Å². The van der Waals surface area contributed by atoms with Crippen molar-refractivity contribution in [1.82, 2.24) is 9.97 Å². The fourth-order valence-electron chi connectivity index (χ4n) is 0.253. The first-order valence-electron chi connectivity index (χ1n) is 1.70. The van der Waals surface area contributed by atoms with Gasteiger partial charge >= 0.3 is 0 Å². The van der Waals surface area contributed by atoms with Crippen molar-refractivity contribution in [3.8, 4) is 0 Å².